The monoisotopic (exact) mass is 380 g/mol. The summed E-state index contributed by atoms with van der Waals surface area (Å²) in [5, 5.41) is 29.9. The van der Waals surface area contributed by atoms with Crippen molar-refractivity contribution in [1.29, 1.82) is 0 Å². The van der Waals surface area contributed by atoms with Gasteiger partial charge in [-0.3, -0.25) is 4.79 Å². The number of phenolic OH excluding ortho intramolecular Hbond substituents is 1. The second-order valence-electron chi connectivity index (χ2n) is 6.13. The second kappa shape index (κ2) is 8.79. The first-order valence-electron chi connectivity index (χ1n) is 8.29. The van der Waals surface area contributed by atoms with Gasteiger partial charge < -0.3 is 24.8 Å². The Labute approximate surface area is 155 Å². The van der Waals surface area contributed by atoms with E-state index < -0.39 is 35.9 Å². The molecular weight excluding hydrogens is 359 g/mol. The molecule has 0 saturated carbocycles. The number of ketones is 1. The first-order valence-corrected chi connectivity index (χ1v) is 8.29. The van der Waals surface area contributed by atoms with Gasteiger partial charge in [0.25, 0.3) is 0 Å². The fourth-order valence-corrected chi connectivity index (χ4v) is 2.53. The highest BCUT2D eigenvalue weighted by atomic mass is 19.1. The summed E-state index contributed by atoms with van der Waals surface area (Å²) in [6, 6.07) is 2.73. The Bertz CT molecular complexity index is 785. The van der Waals surface area contributed by atoms with Gasteiger partial charge in [0.1, 0.15) is 29.3 Å². The van der Waals surface area contributed by atoms with Crippen molar-refractivity contribution in [3.8, 4) is 11.5 Å². The number of aliphatic hydroxyl groups is 2. The average Bonchev–Trinajstić information content (AvgIpc) is 2.63. The lowest BCUT2D eigenvalue weighted by molar-refractivity contribution is -0.130. The Hall–Kier alpha value is -2.71. The van der Waals surface area contributed by atoms with Crippen molar-refractivity contribution in [2.75, 3.05) is 7.11 Å². The van der Waals surface area contributed by atoms with E-state index in [1.807, 2.05) is 0 Å². The zero-order valence-electron chi connectivity index (χ0n) is 14.9. The number of esters is 1. The minimum atomic E-state index is -1.93. The molecule has 3 N–H and O–H groups in total. The molecule has 0 aromatic heterocycles. The maximum absolute atomic E-state index is 13.9. The van der Waals surface area contributed by atoms with Crippen LogP contribution in [0.1, 0.15) is 35.7 Å². The van der Waals surface area contributed by atoms with Crippen molar-refractivity contribution >= 4 is 17.8 Å². The Morgan fingerprint density at radius 2 is 1.93 bits per heavy atom. The maximum atomic E-state index is 13.9. The minimum Gasteiger partial charge on any atom is -0.507 e. The van der Waals surface area contributed by atoms with Crippen LogP contribution in [0.5, 0.6) is 11.5 Å². The van der Waals surface area contributed by atoms with E-state index in [2.05, 4.69) is 0 Å². The summed E-state index contributed by atoms with van der Waals surface area (Å²) in [4.78, 5) is 24.2. The van der Waals surface area contributed by atoms with E-state index >= 15 is 0 Å². The lowest BCUT2D eigenvalue weighted by atomic mass is 10.0. The summed E-state index contributed by atoms with van der Waals surface area (Å²) in [6.07, 6.45) is -0.929. The highest BCUT2D eigenvalue weighted by Gasteiger charge is 2.27. The quantitative estimate of drug-likeness (QED) is 0.638. The van der Waals surface area contributed by atoms with Gasteiger partial charge in [0.2, 0.25) is 5.78 Å². The number of aliphatic hydroxyl groups excluding tert-OH is 2. The number of hydrogen-bond donors (Lipinski definition) is 3. The molecule has 1 heterocycles. The molecule has 0 saturated heterocycles. The number of cyclic esters (lactones) is 1. The normalized spacial score (nSPS) is 24.5. The van der Waals surface area contributed by atoms with Gasteiger partial charge in [-0.1, -0.05) is 12.2 Å². The Morgan fingerprint density at radius 1 is 1.22 bits per heavy atom. The smallest absolute Gasteiger partial charge is 0.342 e. The molecule has 7 nitrogen and oxygen atoms in total. The van der Waals surface area contributed by atoms with Gasteiger partial charge in [-0.2, -0.15) is 0 Å². The third-order valence-electron chi connectivity index (χ3n) is 4.04. The van der Waals surface area contributed by atoms with Crippen LogP contribution in [0.4, 0.5) is 4.39 Å². The summed E-state index contributed by atoms with van der Waals surface area (Å²) in [5.41, 5.74) is 0.141. The van der Waals surface area contributed by atoms with Crippen LogP contribution in [0, 0.1) is 0 Å². The third-order valence-corrected chi connectivity index (χ3v) is 4.04. The van der Waals surface area contributed by atoms with Gasteiger partial charge in [-0.05, 0) is 31.1 Å². The number of Topliss-reactive ketones (excluding diaryl/α,β-unsaturated/α-hetero) is 1. The summed E-state index contributed by atoms with van der Waals surface area (Å²) >= 11 is 0. The minimum absolute atomic E-state index is 0.119. The van der Waals surface area contributed by atoms with Gasteiger partial charge >= 0.3 is 5.97 Å². The van der Waals surface area contributed by atoms with Gasteiger partial charge in [-0.25, -0.2) is 9.18 Å². The fourth-order valence-electron chi connectivity index (χ4n) is 2.53. The number of carbonyl (C=O) groups excluding carboxylic acids is 2. The average molecular weight is 380 g/mol. The SMILES string of the molecule is COc1cc(O)c2c(c1)C=CCC(O)C(O)C(=O)C(F)=CCC(C)OC2=O. The molecule has 1 aromatic carbocycles. The van der Waals surface area contributed by atoms with E-state index in [0.29, 0.717) is 5.75 Å². The van der Waals surface area contributed by atoms with Crippen LogP contribution in [0.15, 0.2) is 30.1 Å². The Kier molecular flexibility index (Phi) is 6.70. The molecule has 0 radical (unpaired) electrons. The molecule has 0 fully saturated rings. The Morgan fingerprint density at radius 3 is 2.59 bits per heavy atom. The predicted octanol–water partition coefficient (Wildman–Crippen LogP) is 1.90. The van der Waals surface area contributed by atoms with E-state index in [1.54, 1.807) is 0 Å². The number of halogens is 1. The molecular formula is C19H21FO7. The third kappa shape index (κ3) is 4.93. The summed E-state index contributed by atoms with van der Waals surface area (Å²) < 4.78 is 24.1. The first-order chi connectivity index (χ1) is 12.7. The van der Waals surface area contributed by atoms with E-state index in [-0.39, 0.29) is 29.7 Å². The molecule has 0 amide bonds. The van der Waals surface area contributed by atoms with Crippen molar-refractivity contribution in [1.82, 2.24) is 0 Å². The molecule has 3 unspecified atom stereocenters. The van der Waals surface area contributed by atoms with Crippen molar-refractivity contribution in [3.63, 3.8) is 0 Å². The van der Waals surface area contributed by atoms with Crippen LogP contribution in [0.3, 0.4) is 0 Å². The first kappa shape index (κ1) is 20.6. The predicted molar refractivity (Wildman–Crippen MR) is 94.0 cm³/mol. The molecule has 146 valence electrons. The van der Waals surface area contributed by atoms with Crippen molar-refractivity contribution in [3.05, 3.63) is 41.2 Å². The number of carbonyl (C=O) groups is 2. The molecule has 1 aliphatic rings. The van der Waals surface area contributed by atoms with Crippen LogP contribution < -0.4 is 4.74 Å². The number of fused-ring (bicyclic) bond motifs is 1. The van der Waals surface area contributed by atoms with Crippen LogP contribution in [0.2, 0.25) is 0 Å². The van der Waals surface area contributed by atoms with Gasteiger partial charge in [0.15, 0.2) is 5.83 Å². The molecule has 0 aliphatic carbocycles. The van der Waals surface area contributed by atoms with Gasteiger partial charge in [0.05, 0.1) is 13.2 Å². The summed E-state index contributed by atoms with van der Waals surface area (Å²) in [6.45, 7) is 1.49. The number of aromatic hydroxyl groups is 1. The van der Waals surface area contributed by atoms with E-state index in [0.717, 1.165) is 6.08 Å². The topological polar surface area (TPSA) is 113 Å². The number of benzene rings is 1. The van der Waals surface area contributed by atoms with Gasteiger partial charge in [0, 0.05) is 12.5 Å². The summed E-state index contributed by atoms with van der Waals surface area (Å²) in [7, 11) is 1.39. The molecule has 3 atom stereocenters. The highest BCUT2D eigenvalue weighted by Crippen LogP contribution is 2.30. The number of phenols is 1. The van der Waals surface area contributed by atoms with Crippen molar-refractivity contribution in [2.45, 2.75) is 38.1 Å². The molecule has 0 bridgehead atoms. The van der Waals surface area contributed by atoms with Crippen molar-refractivity contribution in [2.24, 2.45) is 0 Å². The lowest BCUT2D eigenvalue weighted by Gasteiger charge is -2.17. The molecule has 1 aliphatic heterocycles. The highest BCUT2D eigenvalue weighted by molar-refractivity contribution is 5.98. The zero-order chi connectivity index (χ0) is 20.1. The number of rotatable bonds is 1. The molecule has 1 aromatic rings. The van der Waals surface area contributed by atoms with Crippen molar-refractivity contribution < 1.29 is 38.8 Å². The molecule has 0 spiro atoms. The van der Waals surface area contributed by atoms with Crippen LogP contribution in [0.25, 0.3) is 6.08 Å². The fraction of sp³-hybridized carbons (Fsp3) is 0.368. The standard InChI is InChI=1S/C19H21FO7/c1-10-6-7-13(20)17(23)18(24)14(21)5-3-4-11-8-12(26-2)9-15(22)16(11)19(25)27-10/h3-4,7-10,14,18,21-22,24H,5-6H2,1-2H3. The summed E-state index contributed by atoms with van der Waals surface area (Å²) in [5.74, 6) is -3.38. The number of methoxy groups -OCH3 is 1. The van der Waals surface area contributed by atoms with Gasteiger partial charge in [-0.15, -0.1) is 0 Å². The largest absolute Gasteiger partial charge is 0.507 e. The van der Waals surface area contributed by atoms with Crippen LogP contribution in [-0.2, 0) is 9.53 Å². The zero-order valence-corrected chi connectivity index (χ0v) is 14.9. The van der Waals surface area contributed by atoms with E-state index in [9.17, 15) is 29.3 Å². The number of hydrogen-bond acceptors (Lipinski definition) is 7. The molecule has 8 heteroatoms. The second-order valence-corrected chi connectivity index (χ2v) is 6.13. The maximum Gasteiger partial charge on any atom is 0.342 e. The van der Waals surface area contributed by atoms with E-state index in [1.165, 1.54) is 38.3 Å². The van der Waals surface area contributed by atoms with Crippen LogP contribution in [-0.4, -0.2) is 52.5 Å². The van der Waals surface area contributed by atoms with E-state index in [4.69, 9.17) is 9.47 Å². The number of ether oxygens (including phenoxy) is 2. The molecule has 27 heavy (non-hydrogen) atoms. The lowest BCUT2D eigenvalue weighted by Crippen LogP contribution is -2.34. The molecule has 2 rings (SSSR count). The van der Waals surface area contributed by atoms with Crippen LogP contribution >= 0.6 is 0 Å². The Balaban J connectivity index is 2.48.